The van der Waals surface area contributed by atoms with Gasteiger partial charge >= 0.3 is 0 Å². The Balaban J connectivity index is 2.04. The van der Waals surface area contributed by atoms with Crippen molar-refractivity contribution in [3.8, 4) is 0 Å². The zero-order chi connectivity index (χ0) is 12.4. The predicted molar refractivity (Wildman–Crippen MR) is 67.8 cm³/mol. The van der Waals surface area contributed by atoms with E-state index in [1.54, 1.807) is 18.5 Å². The van der Waals surface area contributed by atoms with E-state index in [9.17, 15) is 5.11 Å². The lowest BCUT2D eigenvalue weighted by atomic mass is 10.1. The van der Waals surface area contributed by atoms with Gasteiger partial charge in [-0.05, 0) is 18.2 Å². The van der Waals surface area contributed by atoms with E-state index >= 15 is 0 Å². The van der Waals surface area contributed by atoms with Crippen molar-refractivity contribution < 1.29 is 5.11 Å². The SMILES string of the molecule is OC(c1cnc2ccccc2c1)c1ccncn1. The first-order valence-electron chi connectivity index (χ1n) is 5.63. The Morgan fingerprint density at radius 1 is 1.06 bits per heavy atom. The average Bonchev–Trinajstić information content (AvgIpc) is 2.47. The van der Waals surface area contributed by atoms with Gasteiger partial charge in [0.15, 0.2) is 0 Å². The summed E-state index contributed by atoms with van der Waals surface area (Å²) < 4.78 is 0. The van der Waals surface area contributed by atoms with E-state index < -0.39 is 6.10 Å². The molecule has 0 fully saturated rings. The van der Waals surface area contributed by atoms with Crippen LogP contribution >= 0.6 is 0 Å². The van der Waals surface area contributed by atoms with Gasteiger partial charge in [0.05, 0.1) is 11.2 Å². The summed E-state index contributed by atoms with van der Waals surface area (Å²) in [5, 5.41) is 11.2. The van der Waals surface area contributed by atoms with E-state index in [1.165, 1.54) is 6.33 Å². The molecule has 4 heteroatoms. The Labute approximate surface area is 104 Å². The van der Waals surface area contributed by atoms with Crippen LogP contribution in [0, 0.1) is 0 Å². The Morgan fingerprint density at radius 3 is 2.78 bits per heavy atom. The molecule has 0 radical (unpaired) electrons. The summed E-state index contributed by atoms with van der Waals surface area (Å²) >= 11 is 0. The lowest BCUT2D eigenvalue weighted by molar-refractivity contribution is 0.215. The molecule has 1 aromatic carbocycles. The molecule has 1 atom stereocenters. The molecule has 0 saturated carbocycles. The van der Waals surface area contributed by atoms with Crippen LogP contribution in [0.5, 0.6) is 0 Å². The summed E-state index contributed by atoms with van der Waals surface area (Å²) in [6, 6.07) is 11.4. The molecule has 2 heterocycles. The van der Waals surface area contributed by atoms with Crippen molar-refractivity contribution in [1.82, 2.24) is 15.0 Å². The summed E-state index contributed by atoms with van der Waals surface area (Å²) in [5.41, 5.74) is 2.21. The Kier molecular flexibility index (Phi) is 2.70. The van der Waals surface area contributed by atoms with E-state index in [2.05, 4.69) is 15.0 Å². The molecule has 0 aliphatic rings. The van der Waals surface area contributed by atoms with E-state index in [-0.39, 0.29) is 0 Å². The average molecular weight is 237 g/mol. The maximum Gasteiger partial charge on any atom is 0.123 e. The number of para-hydroxylation sites is 1. The third-order valence-electron chi connectivity index (χ3n) is 2.81. The van der Waals surface area contributed by atoms with Gasteiger partial charge in [0.25, 0.3) is 0 Å². The molecule has 1 N–H and O–H groups in total. The third-order valence-corrected chi connectivity index (χ3v) is 2.81. The van der Waals surface area contributed by atoms with Gasteiger partial charge in [-0.15, -0.1) is 0 Å². The fraction of sp³-hybridized carbons (Fsp3) is 0.0714. The van der Waals surface area contributed by atoms with Crippen LogP contribution in [-0.2, 0) is 0 Å². The van der Waals surface area contributed by atoms with Gasteiger partial charge in [-0.3, -0.25) is 4.98 Å². The lowest BCUT2D eigenvalue weighted by Crippen LogP contribution is -2.02. The number of fused-ring (bicyclic) bond motifs is 1. The highest BCUT2D eigenvalue weighted by molar-refractivity contribution is 5.78. The summed E-state index contributed by atoms with van der Waals surface area (Å²) in [6.45, 7) is 0. The molecule has 3 aromatic rings. The zero-order valence-electron chi connectivity index (χ0n) is 9.56. The molecule has 2 aromatic heterocycles. The van der Waals surface area contributed by atoms with Crippen molar-refractivity contribution in [3.63, 3.8) is 0 Å². The molecule has 0 saturated heterocycles. The Hall–Kier alpha value is -2.33. The van der Waals surface area contributed by atoms with Crippen molar-refractivity contribution in [3.05, 3.63) is 66.4 Å². The number of aliphatic hydroxyl groups excluding tert-OH is 1. The summed E-state index contributed by atoms with van der Waals surface area (Å²) in [7, 11) is 0. The van der Waals surface area contributed by atoms with E-state index in [0.717, 1.165) is 16.5 Å². The van der Waals surface area contributed by atoms with Crippen molar-refractivity contribution in [2.24, 2.45) is 0 Å². The quantitative estimate of drug-likeness (QED) is 0.741. The number of rotatable bonds is 2. The van der Waals surface area contributed by atoms with Crippen LogP contribution in [-0.4, -0.2) is 20.1 Å². The van der Waals surface area contributed by atoms with E-state index in [4.69, 9.17) is 0 Å². The second-order valence-corrected chi connectivity index (χ2v) is 4.00. The number of hydrogen-bond donors (Lipinski definition) is 1. The van der Waals surface area contributed by atoms with Crippen molar-refractivity contribution >= 4 is 10.9 Å². The van der Waals surface area contributed by atoms with Crippen molar-refractivity contribution in [1.29, 1.82) is 0 Å². The number of hydrogen-bond acceptors (Lipinski definition) is 4. The molecule has 0 amide bonds. The number of benzene rings is 1. The fourth-order valence-electron chi connectivity index (χ4n) is 1.87. The largest absolute Gasteiger partial charge is 0.382 e. The van der Waals surface area contributed by atoms with Crippen LogP contribution in [0.25, 0.3) is 10.9 Å². The minimum Gasteiger partial charge on any atom is -0.382 e. The normalized spacial score (nSPS) is 12.5. The monoisotopic (exact) mass is 237 g/mol. The Morgan fingerprint density at radius 2 is 1.94 bits per heavy atom. The van der Waals surface area contributed by atoms with Gasteiger partial charge in [-0.1, -0.05) is 18.2 Å². The minimum atomic E-state index is -0.773. The summed E-state index contributed by atoms with van der Waals surface area (Å²) in [6.07, 6.45) is 3.94. The van der Waals surface area contributed by atoms with Crippen LogP contribution in [0.3, 0.4) is 0 Å². The number of aromatic nitrogens is 3. The van der Waals surface area contributed by atoms with Gasteiger partial charge in [0.1, 0.15) is 12.4 Å². The molecule has 0 spiro atoms. The summed E-state index contributed by atoms with van der Waals surface area (Å²) in [4.78, 5) is 12.2. The second kappa shape index (κ2) is 4.50. The molecular formula is C14H11N3O. The molecule has 4 nitrogen and oxygen atoms in total. The van der Waals surface area contributed by atoms with Crippen LogP contribution in [0.2, 0.25) is 0 Å². The maximum absolute atomic E-state index is 10.2. The van der Waals surface area contributed by atoms with Gasteiger partial charge in [0.2, 0.25) is 0 Å². The second-order valence-electron chi connectivity index (χ2n) is 4.00. The molecule has 18 heavy (non-hydrogen) atoms. The minimum absolute atomic E-state index is 0.571. The number of aliphatic hydroxyl groups is 1. The number of nitrogens with zero attached hydrogens (tertiary/aromatic N) is 3. The van der Waals surface area contributed by atoms with Crippen LogP contribution < -0.4 is 0 Å². The van der Waals surface area contributed by atoms with Gasteiger partial charge < -0.3 is 5.11 Å². The molecule has 0 bridgehead atoms. The highest BCUT2D eigenvalue weighted by Crippen LogP contribution is 2.22. The first-order chi connectivity index (χ1) is 8.84. The zero-order valence-corrected chi connectivity index (χ0v) is 9.56. The maximum atomic E-state index is 10.2. The van der Waals surface area contributed by atoms with Gasteiger partial charge in [-0.2, -0.15) is 0 Å². The van der Waals surface area contributed by atoms with Crippen LogP contribution in [0.1, 0.15) is 17.4 Å². The number of pyridine rings is 1. The predicted octanol–water partition coefficient (Wildman–Crippen LogP) is 2.11. The summed E-state index contributed by atoms with van der Waals surface area (Å²) in [5.74, 6) is 0. The molecule has 3 rings (SSSR count). The van der Waals surface area contributed by atoms with Crippen molar-refractivity contribution in [2.45, 2.75) is 6.10 Å². The first-order valence-corrected chi connectivity index (χ1v) is 5.63. The smallest absolute Gasteiger partial charge is 0.123 e. The molecular weight excluding hydrogens is 226 g/mol. The molecule has 0 aliphatic carbocycles. The van der Waals surface area contributed by atoms with Crippen molar-refractivity contribution in [2.75, 3.05) is 0 Å². The van der Waals surface area contributed by atoms with E-state index in [0.29, 0.717) is 5.69 Å². The topological polar surface area (TPSA) is 58.9 Å². The van der Waals surface area contributed by atoms with Gasteiger partial charge in [-0.25, -0.2) is 9.97 Å². The standard InChI is InChI=1S/C14H11N3O/c18-14(13-5-6-15-9-17-13)11-7-10-3-1-2-4-12(10)16-8-11/h1-9,14,18H. The van der Waals surface area contributed by atoms with Crippen LogP contribution in [0.15, 0.2) is 55.1 Å². The molecule has 88 valence electrons. The third kappa shape index (κ3) is 1.94. The molecule has 0 aliphatic heterocycles. The lowest BCUT2D eigenvalue weighted by Gasteiger charge is -2.10. The van der Waals surface area contributed by atoms with Crippen LogP contribution in [0.4, 0.5) is 0 Å². The van der Waals surface area contributed by atoms with E-state index in [1.807, 2.05) is 30.3 Å². The highest BCUT2D eigenvalue weighted by Gasteiger charge is 2.12. The highest BCUT2D eigenvalue weighted by atomic mass is 16.3. The molecule has 1 unspecified atom stereocenters. The first kappa shape index (κ1) is 10.8. The van der Waals surface area contributed by atoms with Gasteiger partial charge in [0, 0.05) is 23.3 Å². The Bertz CT molecular complexity index is 670. The fourth-order valence-corrected chi connectivity index (χ4v) is 1.87.